The number of imidazole rings is 1. The summed E-state index contributed by atoms with van der Waals surface area (Å²) in [5.41, 5.74) is 2.24. The van der Waals surface area contributed by atoms with Crippen molar-refractivity contribution in [3.8, 4) is 0 Å². The molecule has 0 bridgehead atoms. The number of fused-ring (bicyclic) bond motifs is 1. The van der Waals surface area contributed by atoms with Gasteiger partial charge in [0.15, 0.2) is 0 Å². The number of hydrogen-bond acceptors (Lipinski definition) is 3. The number of ether oxygens (including phenoxy) is 1. The molecule has 0 radical (unpaired) electrons. The topological polar surface area (TPSA) is 56.2 Å². The van der Waals surface area contributed by atoms with Gasteiger partial charge in [-0.1, -0.05) is 0 Å². The van der Waals surface area contributed by atoms with Crippen LogP contribution in [0.2, 0.25) is 5.28 Å². The van der Waals surface area contributed by atoms with Crippen molar-refractivity contribution in [1.29, 1.82) is 0 Å². The van der Waals surface area contributed by atoms with Crippen LogP contribution in [0.4, 0.5) is 0 Å². The first-order valence-corrected chi connectivity index (χ1v) is 7.05. The van der Waals surface area contributed by atoms with Gasteiger partial charge in [0.25, 0.3) is 5.91 Å². The summed E-state index contributed by atoms with van der Waals surface area (Å²) in [6.07, 6.45) is 2.23. The fraction of sp³-hybridized carbons (Fsp3) is 0.429. The van der Waals surface area contributed by atoms with E-state index in [0.717, 1.165) is 30.5 Å². The normalized spacial score (nSPS) is 18.6. The smallest absolute Gasteiger partial charge is 0.251 e. The number of nitrogens with zero attached hydrogens (tertiary/aromatic N) is 2. The van der Waals surface area contributed by atoms with Gasteiger partial charge in [-0.3, -0.25) is 4.79 Å². The van der Waals surface area contributed by atoms with Crippen molar-refractivity contribution in [2.75, 3.05) is 13.2 Å². The number of nitrogens with one attached hydrogen (secondary N) is 1. The number of carbonyl (C=O) groups is 1. The van der Waals surface area contributed by atoms with E-state index in [0.29, 0.717) is 17.4 Å². The Balaban J connectivity index is 1.75. The highest BCUT2D eigenvalue weighted by molar-refractivity contribution is 6.29. The number of amides is 1. The number of benzene rings is 1. The zero-order valence-corrected chi connectivity index (χ0v) is 12.0. The van der Waals surface area contributed by atoms with Crippen LogP contribution in [-0.2, 0) is 11.8 Å². The molecule has 2 heterocycles. The molecule has 1 aliphatic heterocycles. The van der Waals surface area contributed by atoms with Crippen LogP contribution in [0.5, 0.6) is 0 Å². The highest BCUT2D eigenvalue weighted by Crippen LogP contribution is 2.19. The Labute approximate surface area is 121 Å². The molecule has 1 saturated heterocycles. The molecular formula is C14H16ClN3O2. The average molecular weight is 294 g/mol. The van der Waals surface area contributed by atoms with E-state index >= 15 is 0 Å². The van der Waals surface area contributed by atoms with Crippen molar-refractivity contribution >= 4 is 28.5 Å². The molecule has 5 nitrogen and oxygen atoms in total. The number of carbonyl (C=O) groups excluding carboxylic acids is 1. The molecule has 6 heteroatoms. The van der Waals surface area contributed by atoms with Gasteiger partial charge in [0.05, 0.1) is 17.1 Å². The molecule has 0 unspecified atom stereocenters. The molecule has 2 aromatic rings. The molecule has 1 aromatic carbocycles. The van der Waals surface area contributed by atoms with Crippen LogP contribution in [0.1, 0.15) is 23.2 Å². The van der Waals surface area contributed by atoms with Gasteiger partial charge in [-0.25, -0.2) is 4.98 Å². The number of aromatic nitrogens is 2. The number of hydrogen-bond donors (Lipinski definition) is 1. The predicted molar refractivity (Wildman–Crippen MR) is 77.0 cm³/mol. The Kier molecular flexibility index (Phi) is 3.63. The molecule has 106 valence electrons. The molecular weight excluding hydrogens is 278 g/mol. The van der Waals surface area contributed by atoms with Gasteiger partial charge in [0.2, 0.25) is 5.28 Å². The van der Waals surface area contributed by atoms with Crippen molar-refractivity contribution in [2.24, 2.45) is 7.05 Å². The third-order valence-electron chi connectivity index (χ3n) is 3.60. The van der Waals surface area contributed by atoms with Crippen molar-refractivity contribution < 1.29 is 9.53 Å². The summed E-state index contributed by atoms with van der Waals surface area (Å²) >= 11 is 5.97. The molecule has 0 aliphatic carbocycles. The second-order valence-electron chi connectivity index (χ2n) is 4.99. The Morgan fingerprint density at radius 3 is 3.20 bits per heavy atom. The molecule has 1 atom stereocenters. The lowest BCUT2D eigenvalue weighted by Gasteiger charge is -2.10. The molecule has 1 amide bonds. The minimum atomic E-state index is -0.0975. The maximum absolute atomic E-state index is 12.1. The molecule has 0 spiro atoms. The van der Waals surface area contributed by atoms with Gasteiger partial charge in [0.1, 0.15) is 0 Å². The van der Waals surface area contributed by atoms with Crippen LogP contribution in [0.3, 0.4) is 0 Å². The number of aryl methyl sites for hydroxylation is 1. The second-order valence-corrected chi connectivity index (χ2v) is 5.33. The quantitative estimate of drug-likeness (QED) is 0.943. The first-order chi connectivity index (χ1) is 9.65. The van der Waals surface area contributed by atoms with E-state index in [1.54, 1.807) is 16.7 Å². The summed E-state index contributed by atoms with van der Waals surface area (Å²) < 4.78 is 7.24. The van der Waals surface area contributed by atoms with Crippen LogP contribution in [0.25, 0.3) is 11.0 Å². The number of halogens is 1. The van der Waals surface area contributed by atoms with E-state index in [2.05, 4.69) is 10.3 Å². The zero-order valence-electron chi connectivity index (χ0n) is 11.2. The van der Waals surface area contributed by atoms with Gasteiger partial charge in [0, 0.05) is 25.8 Å². The monoisotopic (exact) mass is 293 g/mol. The lowest BCUT2D eigenvalue weighted by atomic mass is 10.1. The van der Waals surface area contributed by atoms with Gasteiger partial charge in [-0.15, -0.1) is 0 Å². The van der Waals surface area contributed by atoms with Crippen molar-refractivity contribution in [3.05, 3.63) is 29.0 Å². The van der Waals surface area contributed by atoms with Gasteiger partial charge in [-0.05, 0) is 42.6 Å². The fourth-order valence-corrected chi connectivity index (χ4v) is 2.60. The third kappa shape index (κ3) is 2.51. The zero-order chi connectivity index (χ0) is 14.1. The lowest BCUT2D eigenvalue weighted by molar-refractivity contribution is 0.0858. The summed E-state index contributed by atoms with van der Waals surface area (Å²) in [7, 11) is 1.83. The molecule has 1 N–H and O–H groups in total. The molecule has 1 aromatic heterocycles. The van der Waals surface area contributed by atoms with Crippen molar-refractivity contribution in [3.63, 3.8) is 0 Å². The standard InChI is InChI=1S/C14H16ClN3O2/c1-18-12-7-9(4-5-11(12)17-14(18)15)13(19)16-8-10-3-2-6-20-10/h4-5,7,10H,2-3,6,8H2,1H3,(H,16,19)/t10-/m1/s1. The highest BCUT2D eigenvalue weighted by atomic mass is 35.5. The maximum atomic E-state index is 12.1. The third-order valence-corrected chi connectivity index (χ3v) is 3.94. The van der Waals surface area contributed by atoms with E-state index in [1.165, 1.54) is 0 Å². The molecule has 1 aliphatic rings. The Morgan fingerprint density at radius 2 is 2.45 bits per heavy atom. The van der Waals surface area contributed by atoms with Crippen molar-refractivity contribution in [1.82, 2.24) is 14.9 Å². The first kappa shape index (κ1) is 13.4. The van der Waals surface area contributed by atoms with Crippen LogP contribution in [0.15, 0.2) is 18.2 Å². The van der Waals surface area contributed by atoms with Gasteiger partial charge >= 0.3 is 0 Å². The molecule has 0 saturated carbocycles. The Bertz CT molecular complexity index is 647. The fourth-order valence-electron chi connectivity index (χ4n) is 2.42. The van der Waals surface area contributed by atoms with Crippen LogP contribution >= 0.6 is 11.6 Å². The lowest BCUT2D eigenvalue weighted by Crippen LogP contribution is -2.31. The average Bonchev–Trinajstić information content (AvgIpc) is 3.06. The van der Waals surface area contributed by atoms with E-state index in [4.69, 9.17) is 16.3 Å². The predicted octanol–water partition coefficient (Wildman–Crippen LogP) is 2.14. The second kappa shape index (κ2) is 5.42. The van der Waals surface area contributed by atoms with Crippen LogP contribution in [0, 0.1) is 0 Å². The van der Waals surface area contributed by atoms with E-state index in [1.807, 2.05) is 13.1 Å². The molecule has 3 rings (SSSR count). The maximum Gasteiger partial charge on any atom is 0.251 e. The minimum Gasteiger partial charge on any atom is -0.376 e. The SMILES string of the molecule is Cn1c(Cl)nc2ccc(C(=O)NC[C@H]3CCCO3)cc21. The first-order valence-electron chi connectivity index (χ1n) is 6.67. The molecule has 20 heavy (non-hydrogen) atoms. The van der Waals surface area contributed by atoms with E-state index in [9.17, 15) is 4.79 Å². The van der Waals surface area contributed by atoms with Gasteiger partial charge in [-0.2, -0.15) is 0 Å². The summed E-state index contributed by atoms with van der Waals surface area (Å²) in [6.45, 7) is 1.35. The summed E-state index contributed by atoms with van der Waals surface area (Å²) in [6, 6.07) is 5.37. The number of rotatable bonds is 3. The van der Waals surface area contributed by atoms with E-state index < -0.39 is 0 Å². The Hall–Kier alpha value is -1.59. The van der Waals surface area contributed by atoms with Crippen molar-refractivity contribution in [2.45, 2.75) is 18.9 Å². The largest absolute Gasteiger partial charge is 0.376 e. The van der Waals surface area contributed by atoms with E-state index in [-0.39, 0.29) is 12.0 Å². The van der Waals surface area contributed by atoms with Crippen LogP contribution < -0.4 is 5.32 Å². The summed E-state index contributed by atoms with van der Waals surface area (Å²) in [5.74, 6) is -0.0975. The minimum absolute atomic E-state index is 0.0975. The molecule has 1 fully saturated rings. The van der Waals surface area contributed by atoms with Gasteiger partial charge < -0.3 is 14.6 Å². The summed E-state index contributed by atoms with van der Waals surface area (Å²) in [5, 5.41) is 3.32. The Morgan fingerprint density at radius 1 is 1.60 bits per heavy atom. The highest BCUT2D eigenvalue weighted by Gasteiger charge is 2.17. The van der Waals surface area contributed by atoms with Crippen LogP contribution in [-0.4, -0.2) is 34.7 Å². The summed E-state index contributed by atoms with van der Waals surface area (Å²) in [4.78, 5) is 16.3.